The van der Waals surface area contributed by atoms with Gasteiger partial charge in [0.2, 0.25) is 5.91 Å². The van der Waals surface area contributed by atoms with Gasteiger partial charge in [-0.15, -0.1) is 0 Å². The van der Waals surface area contributed by atoms with Crippen molar-refractivity contribution in [2.24, 2.45) is 0 Å². The second-order valence-corrected chi connectivity index (χ2v) is 6.29. The minimum Gasteiger partial charge on any atom is -0.493 e. The second-order valence-electron chi connectivity index (χ2n) is 6.29. The molecule has 1 aliphatic rings. The lowest BCUT2D eigenvalue weighted by atomic mass is 10.1. The van der Waals surface area contributed by atoms with E-state index in [0.717, 1.165) is 5.56 Å². The van der Waals surface area contributed by atoms with Crippen molar-refractivity contribution in [1.29, 1.82) is 0 Å². The molecule has 1 aromatic carbocycles. The van der Waals surface area contributed by atoms with E-state index >= 15 is 0 Å². The molecule has 26 heavy (non-hydrogen) atoms. The molecule has 1 aromatic rings. The number of aliphatic carboxylic acids is 1. The molecule has 0 radical (unpaired) electrons. The minimum atomic E-state index is -0.935. The van der Waals surface area contributed by atoms with Gasteiger partial charge in [-0.1, -0.05) is 6.07 Å². The number of hydrogen-bond donors (Lipinski definition) is 1. The second kappa shape index (κ2) is 9.24. The van der Waals surface area contributed by atoms with Crippen LogP contribution in [0.2, 0.25) is 0 Å². The Morgan fingerprint density at radius 1 is 1.38 bits per heavy atom. The highest BCUT2D eigenvalue weighted by Gasteiger charge is 2.24. The Balaban J connectivity index is 2.02. The van der Waals surface area contributed by atoms with Crippen molar-refractivity contribution < 1.29 is 28.9 Å². The third-order valence-corrected chi connectivity index (χ3v) is 3.82. The lowest BCUT2D eigenvalue weighted by Gasteiger charge is -2.31. The van der Waals surface area contributed by atoms with Crippen molar-refractivity contribution in [3.8, 4) is 11.5 Å². The molecule has 7 heteroatoms. The summed E-state index contributed by atoms with van der Waals surface area (Å²) in [6, 6.07) is 5.45. The summed E-state index contributed by atoms with van der Waals surface area (Å²) >= 11 is 0. The fourth-order valence-corrected chi connectivity index (χ4v) is 2.65. The number of carbonyl (C=O) groups excluding carboxylic acids is 1. The summed E-state index contributed by atoms with van der Waals surface area (Å²) in [7, 11) is 1.57. The molecule has 1 aliphatic heterocycles. The molecule has 0 aliphatic carbocycles. The van der Waals surface area contributed by atoms with E-state index in [1.165, 1.54) is 6.08 Å². The van der Waals surface area contributed by atoms with Crippen LogP contribution >= 0.6 is 0 Å². The molecule has 1 unspecified atom stereocenters. The van der Waals surface area contributed by atoms with Gasteiger partial charge in [0.15, 0.2) is 11.5 Å². The fourth-order valence-electron chi connectivity index (χ4n) is 2.65. The zero-order valence-corrected chi connectivity index (χ0v) is 15.3. The van der Waals surface area contributed by atoms with Gasteiger partial charge in [0.25, 0.3) is 0 Å². The summed E-state index contributed by atoms with van der Waals surface area (Å²) in [5.74, 6) is 0.137. The van der Waals surface area contributed by atoms with Crippen molar-refractivity contribution in [3.05, 3.63) is 29.8 Å². The number of morpholine rings is 1. The Kier molecular flexibility index (Phi) is 7.03. The number of amides is 1. The standard InChI is InChI=1S/C19H25NO6/c1-13(2)26-16-6-4-14(10-17(16)24-3)5-7-18(21)20-8-9-25-15(12-20)11-19(22)23/h4-7,10,13,15H,8-9,11-12H2,1-3H3,(H,22,23)/b7-5+. The van der Waals surface area contributed by atoms with Gasteiger partial charge in [-0.3, -0.25) is 9.59 Å². The van der Waals surface area contributed by atoms with E-state index in [9.17, 15) is 9.59 Å². The summed E-state index contributed by atoms with van der Waals surface area (Å²) in [5.41, 5.74) is 0.807. The smallest absolute Gasteiger partial charge is 0.306 e. The average molecular weight is 363 g/mol. The Hall–Kier alpha value is -2.54. The van der Waals surface area contributed by atoms with Gasteiger partial charge in [-0.05, 0) is 37.6 Å². The van der Waals surface area contributed by atoms with Crippen LogP contribution in [0.1, 0.15) is 25.8 Å². The van der Waals surface area contributed by atoms with Crippen molar-refractivity contribution in [2.45, 2.75) is 32.5 Å². The normalized spacial score (nSPS) is 17.5. The first kappa shape index (κ1) is 19.8. The van der Waals surface area contributed by atoms with E-state index in [2.05, 4.69) is 0 Å². The van der Waals surface area contributed by atoms with Crippen LogP contribution in [-0.4, -0.2) is 60.9 Å². The van der Waals surface area contributed by atoms with Crippen LogP contribution in [0.3, 0.4) is 0 Å². The van der Waals surface area contributed by atoms with E-state index in [0.29, 0.717) is 24.7 Å². The molecule has 0 aromatic heterocycles. The summed E-state index contributed by atoms with van der Waals surface area (Å²) in [5, 5.41) is 8.85. The summed E-state index contributed by atoms with van der Waals surface area (Å²) in [4.78, 5) is 24.7. The predicted molar refractivity (Wildman–Crippen MR) is 96.4 cm³/mol. The molecule has 1 heterocycles. The Bertz CT molecular complexity index is 670. The van der Waals surface area contributed by atoms with E-state index in [4.69, 9.17) is 19.3 Å². The molecule has 2 rings (SSSR count). The SMILES string of the molecule is COc1cc(/C=C/C(=O)N2CCOC(CC(=O)O)C2)ccc1OC(C)C. The third-order valence-electron chi connectivity index (χ3n) is 3.82. The van der Waals surface area contributed by atoms with Crippen LogP contribution in [0.25, 0.3) is 6.08 Å². The predicted octanol–water partition coefficient (Wildman–Crippen LogP) is 2.20. The fraction of sp³-hybridized carbons (Fsp3) is 0.474. The molecule has 142 valence electrons. The lowest BCUT2D eigenvalue weighted by Crippen LogP contribution is -2.45. The number of benzene rings is 1. The van der Waals surface area contributed by atoms with Gasteiger partial charge in [0.05, 0.1) is 32.3 Å². The Morgan fingerprint density at radius 2 is 2.15 bits per heavy atom. The first-order valence-electron chi connectivity index (χ1n) is 8.54. The Morgan fingerprint density at radius 3 is 2.81 bits per heavy atom. The van der Waals surface area contributed by atoms with Gasteiger partial charge >= 0.3 is 5.97 Å². The molecule has 0 bridgehead atoms. The van der Waals surface area contributed by atoms with Gasteiger partial charge in [0.1, 0.15) is 0 Å². The van der Waals surface area contributed by atoms with Crippen LogP contribution in [0.4, 0.5) is 0 Å². The average Bonchev–Trinajstić information content (AvgIpc) is 2.59. The third kappa shape index (κ3) is 5.77. The largest absolute Gasteiger partial charge is 0.493 e. The number of carboxylic acids is 1. The van der Waals surface area contributed by atoms with Crippen molar-refractivity contribution in [1.82, 2.24) is 4.90 Å². The highest BCUT2D eigenvalue weighted by molar-refractivity contribution is 5.92. The number of methoxy groups -OCH3 is 1. The van der Waals surface area contributed by atoms with Crippen LogP contribution in [0.5, 0.6) is 11.5 Å². The highest BCUT2D eigenvalue weighted by Crippen LogP contribution is 2.29. The number of nitrogens with zero attached hydrogens (tertiary/aromatic N) is 1. The molecule has 1 atom stereocenters. The van der Waals surface area contributed by atoms with E-state index in [1.807, 2.05) is 19.9 Å². The molecule has 7 nitrogen and oxygen atoms in total. The van der Waals surface area contributed by atoms with Crippen molar-refractivity contribution in [3.63, 3.8) is 0 Å². The van der Waals surface area contributed by atoms with Crippen molar-refractivity contribution >= 4 is 18.0 Å². The zero-order valence-electron chi connectivity index (χ0n) is 15.3. The summed E-state index contributed by atoms with van der Waals surface area (Å²) < 4.78 is 16.4. The summed E-state index contributed by atoms with van der Waals surface area (Å²) in [6.45, 7) is 4.94. The van der Waals surface area contributed by atoms with Crippen LogP contribution in [-0.2, 0) is 14.3 Å². The maximum absolute atomic E-state index is 12.3. The first-order chi connectivity index (χ1) is 12.4. The van der Waals surface area contributed by atoms with Gasteiger partial charge < -0.3 is 24.2 Å². The van der Waals surface area contributed by atoms with E-state index in [1.54, 1.807) is 30.2 Å². The lowest BCUT2D eigenvalue weighted by molar-refractivity contribution is -0.145. The highest BCUT2D eigenvalue weighted by atomic mass is 16.5. The molecular formula is C19H25NO6. The number of ether oxygens (including phenoxy) is 3. The maximum atomic E-state index is 12.3. The van der Waals surface area contributed by atoms with Crippen LogP contribution in [0.15, 0.2) is 24.3 Å². The monoisotopic (exact) mass is 363 g/mol. The van der Waals surface area contributed by atoms with Crippen LogP contribution < -0.4 is 9.47 Å². The minimum absolute atomic E-state index is 0.0342. The van der Waals surface area contributed by atoms with E-state index < -0.39 is 12.1 Å². The topological polar surface area (TPSA) is 85.3 Å². The van der Waals surface area contributed by atoms with Crippen LogP contribution in [0, 0.1) is 0 Å². The molecule has 1 saturated heterocycles. The summed E-state index contributed by atoms with van der Waals surface area (Å²) in [6.07, 6.45) is 2.63. The molecular weight excluding hydrogens is 338 g/mol. The number of carboxylic acid groups (broad SMARTS) is 1. The van der Waals surface area contributed by atoms with Gasteiger partial charge in [0, 0.05) is 19.2 Å². The maximum Gasteiger partial charge on any atom is 0.306 e. The molecule has 1 fully saturated rings. The van der Waals surface area contributed by atoms with Gasteiger partial charge in [-0.2, -0.15) is 0 Å². The number of rotatable bonds is 7. The zero-order chi connectivity index (χ0) is 19.1. The first-order valence-corrected chi connectivity index (χ1v) is 8.54. The molecule has 0 spiro atoms. The van der Waals surface area contributed by atoms with E-state index in [-0.39, 0.29) is 25.0 Å². The molecule has 0 saturated carbocycles. The molecule has 1 amide bonds. The quantitative estimate of drug-likeness (QED) is 0.748. The number of carbonyl (C=O) groups is 2. The Labute approximate surface area is 153 Å². The van der Waals surface area contributed by atoms with Gasteiger partial charge in [-0.25, -0.2) is 0 Å². The molecule has 1 N–H and O–H groups in total. The number of hydrogen-bond acceptors (Lipinski definition) is 5. The van der Waals surface area contributed by atoms with Crippen molar-refractivity contribution in [2.75, 3.05) is 26.8 Å².